The van der Waals surface area contributed by atoms with Gasteiger partial charge in [-0.1, -0.05) is 19.1 Å². The Bertz CT molecular complexity index is 675. The van der Waals surface area contributed by atoms with E-state index in [0.717, 1.165) is 49.5 Å². The second kappa shape index (κ2) is 7.32. The van der Waals surface area contributed by atoms with Gasteiger partial charge in [-0.15, -0.1) is 0 Å². The Labute approximate surface area is 144 Å². The van der Waals surface area contributed by atoms with E-state index in [4.69, 9.17) is 4.74 Å². The first-order valence-electron chi connectivity index (χ1n) is 8.59. The van der Waals surface area contributed by atoms with Crippen LogP contribution in [0.15, 0.2) is 42.7 Å². The van der Waals surface area contributed by atoms with Gasteiger partial charge in [0.05, 0.1) is 6.20 Å². The van der Waals surface area contributed by atoms with Crippen LogP contribution in [0.25, 0.3) is 0 Å². The van der Waals surface area contributed by atoms with Crippen LogP contribution in [0.5, 0.6) is 11.5 Å². The maximum atomic E-state index is 9.61. The number of rotatable bonds is 5. The van der Waals surface area contributed by atoms with Gasteiger partial charge in [0.1, 0.15) is 11.5 Å². The van der Waals surface area contributed by atoms with Gasteiger partial charge in [-0.3, -0.25) is 9.88 Å². The number of likely N-dealkylation sites (tertiary alicyclic amines) is 1. The monoisotopic (exact) mass is 326 g/mol. The fourth-order valence-electron chi connectivity index (χ4n) is 3.41. The van der Waals surface area contributed by atoms with Gasteiger partial charge in [0.15, 0.2) is 0 Å². The summed E-state index contributed by atoms with van der Waals surface area (Å²) in [6, 6.07) is 10.1. The lowest BCUT2D eigenvalue weighted by molar-refractivity contribution is 0.0429. The van der Waals surface area contributed by atoms with E-state index in [-0.39, 0.29) is 12.0 Å². The zero-order valence-corrected chi connectivity index (χ0v) is 14.5. The number of aromatic nitrogens is 1. The summed E-state index contributed by atoms with van der Waals surface area (Å²) in [7, 11) is 0. The van der Waals surface area contributed by atoms with Crippen LogP contribution < -0.4 is 4.74 Å². The summed E-state index contributed by atoms with van der Waals surface area (Å²) in [5, 5.41) is 9.61. The highest BCUT2D eigenvalue weighted by Gasteiger charge is 2.30. The molecule has 0 amide bonds. The van der Waals surface area contributed by atoms with Gasteiger partial charge in [-0.05, 0) is 55.6 Å². The minimum Gasteiger partial charge on any atom is -0.455 e. The molecule has 1 aromatic heterocycles. The number of aliphatic hydroxyl groups excluding tert-OH is 1. The zero-order valence-electron chi connectivity index (χ0n) is 14.5. The summed E-state index contributed by atoms with van der Waals surface area (Å²) in [4.78, 5) is 6.52. The van der Waals surface area contributed by atoms with E-state index in [1.165, 1.54) is 5.56 Å². The van der Waals surface area contributed by atoms with Crippen molar-refractivity contribution in [3.05, 3.63) is 53.9 Å². The number of piperidine rings is 1. The summed E-state index contributed by atoms with van der Waals surface area (Å²) in [5.74, 6) is 1.62. The van der Waals surface area contributed by atoms with Gasteiger partial charge in [0, 0.05) is 31.3 Å². The van der Waals surface area contributed by atoms with Crippen LogP contribution in [0, 0.1) is 12.3 Å². The fourth-order valence-corrected chi connectivity index (χ4v) is 3.41. The second-order valence-corrected chi connectivity index (χ2v) is 7.17. The third-order valence-electron chi connectivity index (χ3n) is 4.75. The zero-order chi connectivity index (χ0) is 17.0. The molecule has 1 aromatic carbocycles. The lowest BCUT2D eigenvalue weighted by Gasteiger charge is -2.39. The SMILES string of the molecule is Cc1cc(CN2CCCC(C)(CO)C2)ccc1Oc1cccnc1. The molecule has 4 heteroatoms. The summed E-state index contributed by atoms with van der Waals surface area (Å²) in [6.07, 6.45) is 5.72. The maximum absolute atomic E-state index is 9.61. The average molecular weight is 326 g/mol. The Morgan fingerprint density at radius 3 is 2.92 bits per heavy atom. The van der Waals surface area contributed by atoms with E-state index in [2.05, 4.69) is 35.9 Å². The smallest absolute Gasteiger partial charge is 0.145 e. The van der Waals surface area contributed by atoms with Gasteiger partial charge in [-0.25, -0.2) is 0 Å². The van der Waals surface area contributed by atoms with Gasteiger partial charge < -0.3 is 9.84 Å². The molecule has 1 aliphatic heterocycles. The van der Waals surface area contributed by atoms with Crippen LogP contribution >= 0.6 is 0 Å². The van der Waals surface area contributed by atoms with E-state index >= 15 is 0 Å². The number of hydrogen-bond donors (Lipinski definition) is 1. The highest BCUT2D eigenvalue weighted by Crippen LogP contribution is 2.30. The first-order valence-corrected chi connectivity index (χ1v) is 8.59. The van der Waals surface area contributed by atoms with Crippen molar-refractivity contribution in [1.82, 2.24) is 9.88 Å². The number of benzene rings is 1. The van der Waals surface area contributed by atoms with Crippen LogP contribution in [-0.2, 0) is 6.54 Å². The predicted molar refractivity (Wildman–Crippen MR) is 95.2 cm³/mol. The van der Waals surface area contributed by atoms with Crippen LogP contribution in [-0.4, -0.2) is 34.7 Å². The van der Waals surface area contributed by atoms with Gasteiger partial charge in [0.2, 0.25) is 0 Å². The van der Waals surface area contributed by atoms with Crippen LogP contribution in [0.1, 0.15) is 30.9 Å². The Morgan fingerprint density at radius 2 is 2.21 bits per heavy atom. The lowest BCUT2D eigenvalue weighted by atomic mass is 9.82. The van der Waals surface area contributed by atoms with Gasteiger partial charge >= 0.3 is 0 Å². The van der Waals surface area contributed by atoms with Crippen molar-refractivity contribution in [2.45, 2.75) is 33.2 Å². The Balaban J connectivity index is 1.66. The fraction of sp³-hybridized carbons (Fsp3) is 0.450. The molecule has 1 atom stereocenters. The third-order valence-corrected chi connectivity index (χ3v) is 4.75. The molecule has 4 nitrogen and oxygen atoms in total. The second-order valence-electron chi connectivity index (χ2n) is 7.17. The first kappa shape index (κ1) is 16.9. The van der Waals surface area contributed by atoms with Crippen molar-refractivity contribution >= 4 is 0 Å². The van der Waals surface area contributed by atoms with Crippen molar-refractivity contribution < 1.29 is 9.84 Å². The van der Waals surface area contributed by atoms with E-state index < -0.39 is 0 Å². The minimum absolute atomic E-state index is 0.0383. The average Bonchev–Trinajstić information content (AvgIpc) is 2.58. The summed E-state index contributed by atoms with van der Waals surface area (Å²) in [6.45, 7) is 7.49. The molecule has 2 aromatic rings. The highest BCUT2D eigenvalue weighted by molar-refractivity contribution is 5.39. The summed E-state index contributed by atoms with van der Waals surface area (Å²) < 4.78 is 5.90. The molecule has 1 aliphatic rings. The van der Waals surface area contributed by atoms with Crippen molar-refractivity contribution in [1.29, 1.82) is 0 Å². The van der Waals surface area contributed by atoms with E-state index in [1.807, 2.05) is 18.2 Å². The quantitative estimate of drug-likeness (QED) is 0.908. The van der Waals surface area contributed by atoms with Gasteiger partial charge in [0.25, 0.3) is 0 Å². The largest absolute Gasteiger partial charge is 0.455 e. The lowest BCUT2D eigenvalue weighted by Crippen LogP contribution is -2.43. The third kappa shape index (κ3) is 4.13. The standard InChI is InChI=1S/C20H26N2O2/c1-16-11-17(13-22-10-4-8-20(2,14-22)15-23)6-7-19(16)24-18-5-3-9-21-12-18/h3,5-7,9,11-12,23H,4,8,10,13-15H2,1-2H3. The number of pyridine rings is 1. The number of hydrogen-bond acceptors (Lipinski definition) is 4. The molecule has 128 valence electrons. The number of nitrogens with zero attached hydrogens (tertiary/aromatic N) is 2. The maximum Gasteiger partial charge on any atom is 0.145 e. The van der Waals surface area contributed by atoms with Crippen molar-refractivity contribution in [2.75, 3.05) is 19.7 Å². The number of aryl methyl sites for hydroxylation is 1. The minimum atomic E-state index is 0.0383. The van der Waals surface area contributed by atoms with Crippen molar-refractivity contribution in [2.24, 2.45) is 5.41 Å². The number of aliphatic hydroxyl groups is 1. The van der Waals surface area contributed by atoms with Crippen molar-refractivity contribution in [3.8, 4) is 11.5 Å². The topological polar surface area (TPSA) is 45.6 Å². The molecule has 0 aliphatic carbocycles. The van der Waals surface area contributed by atoms with Crippen LogP contribution in [0.2, 0.25) is 0 Å². The molecule has 1 unspecified atom stereocenters. The number of ether oxygens (including phenoxy) is 1. The first-order chi connectivity index (χ1) is 11.6. The summed E-state index contributed by atoms with van der Waals surface area (Å²) >= 11 is 0. The molecule has 0 radical (unpaired) electrons. The molecular weight excluding hydrogens is 300 g/mol. The molecule has 0 saturated carbocycles. The Hall–Kier alpha value is -1.91. The Morgan fingerprint density at radius 1 is 1.33 bits per heavy atom. The molecule has 0 spiro atoms. The molecular formula is C20H26N2O2. The highest BCUT2D eigenvalue weighted by atomic mass is 16.5. The summed E-state index contributed by atoms with van der Waals surface area (Å²) in [5.41, 5.74) is 2.45. The molecule has 0 bridgehead atoms. The predicted octanol–water partition coefficient (Wildman–Crippen LogP) is 3.78. The normalized spacial score (nSPS) is 21.6. The molecule has 24 heavy (non-hydrogen) atoms. The van der Waals surface area contributed by atoms with E-state index in [0.29, 0.717) is 0 Å². The Kier molecular flexibility index (Phi) is 5.17. The van der Waals surface area contributed by atoms with E-state index in [1.54, 1.807) is 12.4 Å². The molecule has 2 heterocycles. The van der Waals surface area contributed by atoms with Crippen LogP contribution in [0.3, 0.4) is 0 Å². The van der Waals surface area contributed by atoms with E-state index in [9.17, 15) is 5.11 Å². The van der Waals surface area contributed by atoms with Crippen molar-refractivity contribution in [3.63, 3.8) is 0 Å². The molecule has 1 fully saturated rings. The molecule has 1 N–H and O–H groups in total. The molecule has 1 saturated heterocycles. The van der Waals surface area contributed by atoms with Crippen LogP contribution in [0.4, 0.5) is 0 Å². The van der Waals surface area contributed by atoms with Gasteiger partial charge in [-0.2, -0.15) is 0 Å². The molecule has 3 rings (SSSR count).